The fourth-order valence-corrected chi connectivity index (χ4v) is 4.57. The van der Waals surface area contributed by atoms with Gasteiger partial charge in [0, 0.05) is 10.5 Å². The highest BCUT2D eigenvalue weighted by atomic mass is 79.9. The smallest absolute Gasteiger partial charge is 0.289 e. The van der Waals surface area contributed by atoms with Crippen molar-refractivity contribution in [2.75, 3.05) is 6.61 Å². The molecule has 0 unspecified atom stereocenters. The third-order valence-electron chi connectivity index (χ3n) is 3.92. The second kappa shape index (κ2) is 9.08. The first-order chi connectivity index (χ1) is 14.2. The number of hydrogen-bond donors (Lipinski definition) is 2. The third-order valence-corrected chi connectivity index (χ3v) is 6.52. The second-order valence-electron chi connectivity index (χ2n) is 5.91. The first-order valence-electron chi connectivity index (χ1n) is 8.23. The normalized spacial score (nSPS) is 11.3. The summed E-state index contributed by atoms with van der Waals surface area (Å²) in [6.45, 7) is -0.486. The minimum absolute atomic E-state index is 0.390. The van der Waals surface area contributed by atoms with Crippen LogP contribution in [-0.4, -0.2) is 25.9 Å². The predicted octanol–water partition coefficient (Wildman–Crippen LogP) is 3.66. The minimum atomic E-state index is -4.35. The first-order valence-corrected chi connectivity index (χ1v) is 11.3. The number of para-hydroxylation sites is 1. The Morgan fingerprint density at radius 3 is 2.57 bits per heavy atom. The van der Waals surface area contributed by atoms with Crippen molar-refractivity contribution < 1.29 is 22.9 Å². The van der Waals surface area contributed by atoms with Crippen molar-refractivity contribution in [3.05, 3.63) is 73.7 Å². The van der Waals surface area contributed by atoms with Gasteiger partial charge in [-0.2, -0.15) is 0 Å². The summed E-state index contributed by atoms with van der Waals surface area (Å²) in [5.74, 6) is -0.401. The maximum atomic E-state index is 12.3. The summed E-state index contributed by atoms with van der Waals surface area (Å²) in [5.41, 5.74) is 1.37. The third kappa shape index (κ3) is 4.95. The van der Waals surface area contributed by atoms with Gasteiger partial charge in [0.05, 0.1) is 9.40 Å². The summed E-state index contributed by atoms with van der Waals surface area (Å²) in [7, 11) is -4.35. The Hall–Kier alpha value is -2.54. The molecule has 156 valence electrons. The van der Waals surface area contributed by atoms with Crippen LogP contribution in [0.4, 0.5) is 5.69 Å². The standard InChI is InChI=1S/C18H13Br2N3O6S/c19-12-6-7-13-11(9-12)5-8-15(18(13)20)29-10-17(24)21-22-30(27,28)16-4-2-1-3-14(16)23(25)26/h1-9,22H,10H2,(H,21,24). The van der Waals surface area contributed by atoms with Gasteiger partial charge in [-0.25, -0.2) is 8.42 Å². The summed E-state index contributed by atoms with van der Waals surface area (Å²) in [5, 5.41) is 12.8. The lowest BCUT2D eigenvalue weighted by molar-refractivity contribution is -0.387. The molecule has 9 nitrogen and oxygen atoms in total. The number of carbonyl (C=O) groups is 1. The average molecular weight is 559 g/mol. The van der Waals surface area contributed by atoms with Crippen LogP contribution in [0, 0.1) is 10.1 Å². The van der Waals surface area contributed by atoms with Crippen LogP contribution >= 0.6 is 31.9 Å². The predicted molar refractivity (Wildman–Crippen MR) is 116 cm³/mol. The monoisotopic (exact) mass is 557 g/mol. The average Bonchev–Trinajstić information content (AvgIpc) is 2.71. The number of hydrazine groups is 1. The van der Waals surface area contributed by atoms with Crippen molar-refractivity contribution >= 4 is 64.3 Å². The molecule has 12 heteroatoms. The van der Waals surface area contributed by atoms with Crippen molar-refractivity contribution in [2.45, 2.75) is 4.90 Å². The lowest BCUT2D eigenvalue weighted by atomic mass is 10.1. The Morgan fingerprint density at radius 2 is 1.83 bits per heavy atom. The highest BCUT2D eigenvalue weighted by Crippen LogP contribution is 2.34. The molecule has 0 radical (unpaired) electrons. The van der Waals surface area contributed by atoms with Gasteiger partial charge in [0.15, 0.2) is 11.5 Å². The van der Waals surface area contributed by atoms with Crippen LogP contribution in [0.25, 0.3) is 10.8 Å². The lowest BCUT2D eigenvalue weighted by Crippen LogP contribution is -2.43. The minimum Gasteiger partial charge on any atom is -0.483 e. The number of nitro benzene ring substituents is 1. The van der Waals surface area contributed by atoms with E-state index < -0.39 is 38.0 Å². The van der Waals surface area contributed by atoms with Crippen LogP contribution in [0.1, 0.15) is 0 Å². The summed E-state index contributed by atoms with van der Waals surface area (Å²) in [6.07, 6.45) is 0. The van der Waals surface area contributed by atoms with Gasteiger partial charge in [-0.15, -0.1) is 4.83 Å². The van der Waals surface area contributed by atoms with E-state index in [4.69, 9.17) is 4.74 Å². The van der Waals surface area contributed by atoms with Gasteiger partial charge in [0.25, 0.3) is 21.6 Å². The van der Waals surface area contributed by atoms with E-state index in [1.165, 1.54) is 12.1 Å². The second-order valence-corrected chi connectivity index (χ2v) is 9.27. The van der Waals surface area contributed by atoms with Crippen molar-refractivity contribution in [1.29, 1.82) is 0 Å². The number of nitrogens with one attached hydrogen (secondary N) is 2. The largest absolute Gasteiger partial charge is 0.483 e. The number of sulfonamides is 1. The van der Waals surface area contributed by atoms with Crippen molar-refractivity contribution in [2.24, 2.45) is 0 Å². The fourth-order valence-electron chi connectivity index (χ4n) is 2.55. The summed E-state index contributed by atoms with van der Waals surface area (Å²) in [4.78, 5) is 23.5. The molecule has 0 atom stereocenters. The molecule has 0 spiro atoms. The Kier molecular flexibility index (Phi) is 6.71. The molecule has 0 fully saturated rings. The molecular formula is C18H13Br2N3O6S. The number of fused-ring (bicyclic) bond motifs is 1. The quantitative estimate of drug-likeness (QED) is 0.336. The number of amides is 1. The summed E-state index contributed by atoms with van der Waals surface area (Å²) in [6, 6.07) is 13.9. The summed E-state index contributed by atoms with van der Waals surface area (Å²) >= 11 is 6.83. The highest BCUT2D eigenvalue weighted by Gasteiger charge is 2.25. The molecule has 0 heterocycles. The lowest BCUT2D eigenvalue weighted by Gasteiger charge is -2.12. The van der Waals surface area contributed by atoms with E-state index >= 15 is 0 Å². The summed E-state index contributed by atoms with van der Waals surface area (Å²) < 4.78 is 31.6. The molecule has 0 bridgehead atoms. The van der Waals surface area contributed by atoms with Crippen molar-refractivity contribution in [1.82, 2.24) is 10.3 Å². The SMILES string of the molecule is O=C(COc1ccc2cc(Br)ccc2c1Br)NNS(=O)(=O)c1ccccc1[N+](=O)[O-]. The molecule has 0 aliphatic heterocycles. The van der Waals surface area contributed by atoms with E-state index in [0.29, 0.717) is 10.2 Å². The number of halogens is 2. The maximum absolute atomic E-state index is 12.3. The number of nitro groups is 1. The fraction of sp³-hybridized carbons (Fsp3) is 0.0556. The number of rotatable bonds is 7. The molecule has 1 amide bonds. The van der Waals surface area contributed by atoms with Crippen LogP contribution < -0.4 is 15.0 Å². The van der Waals surface area contributed by atoms with E-state index in [9.17, 15) is 23.3 Å². The van der Waals surface area contributed by atoms with Gasteiger partial charge in [0.1, 0.15) is 5.75 Å². The van der Waals surface area contributed by atoms with Gasteiger partial charge in [-0.1, -0.05) is 40.2 Å². The topological polar surface area (TPSA) is 128 Å². The van der Waals surface area contributed by atoms with Gasteiger partial charge in [-0.05, 0) is 51.0 Å². The van der Waals surface area contributed by atoms with Crippen LogP contribution in [0.3, 0.4) is 0 Å². The molecule has 30 heavy (non-hydrogen) atoms. The van der Waals surface area contributed by atoms with Crippen molar-refractivity contribution in [3.63, 3.8) is 0 Å². The molecule has 0 aliphatic carbocycles. The highest BCUT2D eigenvalue weighted by molar-refractivity contribution is 9.11. The number of benzene rings is 3. The van der Waals surface area contributed by atoms with Crippen LogP contribution in [0.5, 0.6) is 5.75 Å². The van der Waals surface area contributed by atoms with Gasteiger partial charge in [-0.3, -0.25) is 20.3 Å². The Bertz CT molecular complexity index is 1250. The zero-order chi connectivity index (χ0) is 21.9. The number of hydrogen-bond acceptors (Lipinski definition) is 6. The van der Waals surface area contributed by atoms with E-state index in [2.05, 4.69) is 31.9 Å². The van der Waals surface area contributed by atoms with Gasteiger partial charge in [0.2, 0.25) is 0 Å². The zero-order valence-corrected chi connectivity index (χ0v) is 19.0. The molecule has 0 saturated heterocycles. The maximum Gasteiger partial charge on any atom is 0.289 e. The van der Waals surface area contributed by atoms with Gasteiger partial charge < -0.3 is 4.74 Å². The van der Waals surface area contributed by atoms with E-state index in [1.807, 2.05) is 34.5 Å². The first kappa shape index (κ1) is 22.2. The molecule has 3 aromatic carbocycles. The number of carbonyl (C=O) groups excluding carboxylic acids is 1. The molecule has 0 aromatic heterocycles. The molecule has 0 saturated carbocycles. The Labute approximate surface area is 187 Å². The van der Waals surface area contributed by atoms with Crippen LogP contribution in [0.15, 0.2) is 68.4 Å². The number of nitrogens with zero attached hydrogens (tertiary/aromatic N) is 1. The van der Waals surface area contributed by atoms with E-state index in [1.54, 1.807) is 6.07 Å². The zero-order valence-electron chi connectivity index (χ0n) is 15.0. The molecule has 0 aliphatic rings. The van der Waals surface area contributed by atoms with Gasteiger partial charge >= 0.3 is 0 Å². The molecule has 3 aromatic rings. The van der Waals surface area contributed by atoms with E-state index in [-0.39, 0.29) is 0 Å². The number of ether oxygens (including phenoxy) is 1. The Morgan fingerprint density at radius 1 is 1.10 bits per heavy atom. The molecular weight excluding hydrogens is 546 g/mol. The van der Waals surface area contributed by atoms with Crippen LogP contribution in [0.2, 0.25) is 0 Å². The Balaban J connectivity index is 1.66. The van der Waals surface area contributed by atoms with E-state index in [0.717, 1.165) is 27.4 Å². The van der Waals surface area contributed by atoms with Crippen molar-refractivity contribution in [3.8, 4) is 5.75 Å². The molecule has 3 rings (SSSR count). The van der Waals surface area contributed by atoms with Crippen LogP contribution in [-0.2, 0) is 14.8 Å². The molecule has 2 N–H and O–H groups in total.